The second-order valence-electron chi connectivity index (χ2n) is 5.85. The predicted octanol–water partition coefficient (Wildman–Crippen LogP) is 3.74. The Kier molecular flexibility index (Phi) is 5.53. The zero-order valence-corrected chi connectivity index (χ0v) is 14.2. The molecule has 1 fully saturated rings. The molecule has 1 heterocycles. The predicted molar refractivity (Wildman–Crippen MR) is 93.4 cm³/mol. The molecule has 2 aromatic carbocycles. The van der Waals surface area contributed by atoms with Crippen LogP contribution in [0.15, 0.2) is 59.5 Å². The lowest BCUT2D eigenvalue weighted by atomic mass is 9.82. The van der Waals surface area contributed by atoms with E-state index in [4.69, 9.17) is 4.74 Å². The van der Waals surface area contributed by atoms with Crippen molar-refractivity contribution >= 4 is 17.7 Å². The van der Waals surface area contributed by atoms with E-state index in [0.29, 0.717) is 31.8 Å². The lowest BCUT2D eigenvalue weighted by Gasteiger charge is -2.38. The second-order valence-corrected chi connectivity index (χ2v) is 6.90. The maximum atomic E-state index is 13.7. The minimum absolute atomic E-state index is 0.0463. The van der Waals surface area contributed by atoms with Gasteiger partial charge in [0.25, 0.3) is 0 Å². The van der Waals surface area contributed by atoms with Crippen LogP contribution in [-0.2, 0) is 15.1 Å². The van der Waals surface area contributed by atoms with E-state index in [9.17, 15) is 9.18 Å². The van der Waals surface area contributed by atoms with Crippen molar-refractivity contribution in [3.05, 3.63) is 66.0 Å². The summed E-state index contributed by atoms with van der Waals surface area (Å²) in [4.78, 5) is 13.5. The summed E-state index contributed by atoms with van der Waals surface area (Å²) in [6, 6.07) is 16.3. The molecule has 0 unspecified atom stereocenters. The van der Waals surface area contributed by atoms with Gasteiger partial charge in [-0.1, -0.05) is 30.3 Å². The molecule has 24 heavy (non-hydrogen) atoms. The number of amides is 1. The molecule has 1 amide bonds. The van der Waals surface area contributed by atoms with Gasteiger partial charge in [0.05, 0.1) is 11.3 Å². The van der Waals surface area contributed by atoms with Gasteiger partial charge < -0.3 is 10.1 Å². The molecule has 1 aliphatic rings. The van der Waals surface area contributed by atoms with Crippen LogP contribution in [0.1, 0.15) is 18.4 Å². The summed E-state index contributed by atoms with van der Waals surface area (Å²) < 4.78 is 19.1. The van der Waals surface area contributed by atoms with Gasteiger partial charge in [-0.25, -0.2) is 4.39 Å². The van der Waals surface area contributed by atoms with Crippen LogP contribution in [0.2, 0.25) is 0 Å². The van der Waals surface area contributed by atoms with Crippen LogP contribution < -0.4 is 5.32 Å². The number of ether oxygens (including phenoxy) is 1. The van der Waals surface area contributed by atoms with Crippen LogP contribution in [-0.4, -0.2) is 24.9 Å². The van der Waals surface area contributed by atoms with Gasteiger partial charge in [-0.3, -0.25) is 4.79 Å². The molecule has 0 aromatic heterocycles. The van der Waals surface area contributed by atoms with Crippen molar-refractivity contribution in [2.45, 2.75) is 23.3 Å². The molecular weight excluding hydrogens is 325 g/mol. The normalized spacial score (nSPS) is 16.5. The van der Waals surface area contributed by atoms with Crippen LogP contribution in [0.5, 0.6) is 0 Å². The van der Waals surface area contributed by atoms with Crippen molar-refractivity contribution in [1.82, 2.24) is 5.32 Å². The molecule has 126 valence electrons. The zero-order valence-electron chi connectivity index (χ0n) is 13.3. The Labute approximate surface area is 145 Å². The van der Waals surface area contributed by atoms with E-state index < -0.39 is 5.54 Å². The fraction of sp³-hybridized carbons (Fsp3) is 0.316. The lowest BCUT2D eigenvalue weighted by molar-refractivity contribution is -0.121. The summed E-state index contributed by atoms with van der Waals surface area (Å²) in [6.07, 6.45) is 1.30. The van der Waals surface area contributed by atoms with Gasteiger partial charge in [0.15, 0.2) is 0 Å². The summed E-state index contributed by atoms with van der Waals surface area (Å²) in [7, 11) is 0. The molecule has 0 atom stereocenters. The minimum Gasteiger partial charge on any atom is -0.381 e. The molecule has 2 aromatic rings. The Bertz CT molecular complexity index is 687. The molecule has 0 spiro atoms. The first kappa shape index (κ1) is 17.0. The van der Waals surface area contributed by atoms with Crippen molar-refractivity contribution in [2.75, 3.05) is 19.0 Å². The van der Waals surface area contributed by atoms with E-state index in [1.54, 1.807) is 6.07 Å². The van der Waals surface area contributed by atoms with Crippen molar-refractivity contribution in [1.29, 1.82) is 0 Å². The average molecular weight is 345 g/mol. The Balaban J connectivity index is 1.71. The van der Waals surface area contributed by atoms with Gasteiger partial charge in [-0.2, -0.15) is 0 Å². The molecule has 1 aliphatic heterocycles. The molecule has 3 rings (SSSR count). The summed E-state index contributed by atoms with van der Waals surface area (Å²) in [5.41, 5.74) is 0.262. The fourth-order valence-corrected chi connectivity index (χ4v) is 3.68. The van der Waals surface area contributed by atoms with E-state index >= 15 is 0 Å². The average Bonchev–Trinajstić information content (AvgIpc) is 2.62. The number of halogens is 1. The van der Waals surface area contributed by atoms with Gasteiger partial charge in [-0.15, -0.1) is 11.8 Å². The van der Waals surface area contributed by atoms with Crippen LogP contribution in [0.3, 0.4) is 0 Å². The number of carbonyl (C=O) groups excluding carboxylic acids is 1. The second kappa shape index (κ2) is 7.81. The number of benzene rings is 2. The highest BCUT2D eigenvalue weighted by Crippen LogP contribution is 2.32. The summed E-state index contributed by atoms with van der Waals surface area (Å²) in [5, 5.41) is 3.14. The maximum absolute atomic E-state index is 13.7. The molecule has 1 saturated heterocycles. The van der Waals surface area contributed by atoms with E-state index in [2.05, 4.69) is 5.32 Å². The maximum Gasteiger partial charge on any atom is 0.231 e. The summed E-state index contributed by atoms with van der Waals surface area (Å²) in [6.45, 7) is 1.12. The monoisotopic (exact) mass is 345 g/mol. The molecule has 5 heteroatoms. The Morgan fingerprint density at radius 2 is 1.88 bits per heavy atom. The smallest absolute Gasteiger partial charge is 0.231 e. The first-order valence-electron chi connectivity index (χ1n) is 8.01. The largest absolute Gasteiger partial charge is 0.381 e. The summed E-state index contributed by atoms with van der Waals surface area (Å²) in [5.74, 6) is 0.00312. The van der Waals surface area contributed by atoms with E-state index in [1.807, 2.05) is 36.4 Å². The van der Waals surface area contributed by atoms with Crippen LogP contribution in [0.4, 0.5) is 4.39 Å². The topological polar surface area (TPSA) is 38.3 Å². The molecule has 0 radical (unpaired) electrons. The fourth-order valence-electron chi connectivity index (χ4n) is 2.96. The highest BCUT2D eigenvalue weighted by molar-refractivity contribution is 8.00. The van der Waals surface area contributed by atoms with Crippen LogP contribution >= 0.6 is 11.8 Å². The van der Waals surface area contributed by atoms with Gasteiger partial charge >= 0.3 is 0 Å². The third kappa shape index (κ3) is 4.16. The summed E-state index contributed by atoms with van der Waals surface area (Å²) >= 11 is 1.50. The Hall–Kier alpha value is -1.85. The van der Waals surface area contributed by atoms with Crippen molar-refractivity contribution in [2.24, 2.45) is 0 Å². The molecule has 0 saturated carbocycles. The minimum atomic E-state index is -0.547. The third-order valence-electron chi connectivity index (χ3n) is 4.22. The number of nitrogens with one attached hydrogen (secondary N) is 1. The number of carbonyl (C=O) groups is 1. The van der Waals surface area contributed by atoms with Gasteiger partial charge in [0.1, 0.15) is 5.82 Å². The van der Waals surface area contributed by atoms with Crippen LogP contribution in [0.25, 0.3) is 0 Å². The first-order valence-corrected chi connectivity index (χ1v) is 8.99. The van der Waals surface area contributed by atoms with Crippen molar-refractivity contribution < 1.29 is 13.9 Å². The van der Waals surface area contributed by atoms with E-state index in [-0.39, 0.29) is 11.7 Å². The van der Waals surface area contributed by atoms with Crippen LogP contribution in [0, 0.1) is 5.82 Å². The molecular formula is C19H20FNO2S. The Morgan fingerprint density at radius 3 is 2.58 bits per heavy atom. The number of thioether (sulfide) groups is 1. The highest BCUT2D eigenvalue weighted by Gasteiger charge is 2.36. The molecule has 3 nitrogen and oxygen atoms in total. The number of hydrogen-bond acceptors (Lipinski definition) is 3. The molecule has 0 bridgehead atoms. The number of rotatable bonds is 5. The van der Waals surface area contributed by atoms with Crippen molar-refractivity contribution in [3.8, 4) is 0 Å². The van der Waals surface area contributed by atoms with Gasteiger partial charge in [0.2, 0.25) is 5.91 Å². The zero-order chi connectivity index (χ0) is 16.8. The highest BCUT2D eigenvalue weighted by atomic mass is 32.2. The van der Waals surface area contributed by atoms with E-state index in [1.165, 1.54) is 23.9 Å². The number of hydrogen-bond donors (Lipinski definition) is 1. The van der Waals surface area contributed by atoms with Crippen molar-refractivity contribution in [3.63, 3.8) is 0 Å². The lowest BCUT2D eigenvalue weighted by Crippen LogP contribution is -2.50. The Morgan fingerprint density at radius 1 is 1.12 bits per heavy atom. The van der Waals surface area contributed by atoms with E-state index in [0.717, 1.165) is 10.5 Å². The standard InChI is InChI=1S/C19H20FNO2S/c20-16-6-4-5-15(13-16)19(9-11-23-12-10-19)21-18(22)14-24-17-7-2-1-3-8-17/h1-8,13H,9-12,14H2,(H,21,22). The molecule has 0 aliphatic carbocycles. The SMILES string of the molecule is O=C(CSc1ccccc1)NC1(c2cccc(F)c2)CCOCC1. The van der Waals surface area contributed by atoms with Gasteiger partial charge in [0, 0.05) is 18.1 Å². The van der Waals surface area contributed by atoms with Gasteiger partial charge in [-0.05, 0) is 42.7 Å². The first-order chi connectivity index (χ1) is 11.7. The third-order valence-corrected chi connectivity index (χ3v) is 5.23. The molecule has 1 N–H and O–H groups in total. The quantitative estimate of drug-likeness (QED) is 0.839.